The molecule has 19 heavy (non-hydrogen) atoms. The fraction of sp³-hybridized carbons (Fsp3) is 0.938. The van der Waals surface area contributed by atoms with E-state index < -0.39 is 0 Å². The Bertz CT molecular complexity index is 343. The molecule has 0 radical (unpaired) electrons. The van der Waals surface area contributed by atoms with Crippen LogP contribution >= 0.6 is 0 Å². The minimum atomic E-state index is -0.291. The van der Waals surface area contributed by atoms with Gasteiger partial charge in [0.05, 0.1) is 12.2 Å². The van der Waals surface area contributed by atoms with Gasteiger partial charge in [-0.1, -0.05) is 19.3 Å². The van der Waals surface area contributed by atoms with Crippen LogP contribution in [0.15, 0.2) is 0 Å². The van der Waals surface area contributed by atoms with Gasteiger partial charge in [-0.15, -0.1) is 0 Å². The van der Waals surface area contributed by atoms with Gasteiger partial charge in [-0.25, -0.2) is 0 Å². The van der Waals surface area contributed by atoms with Crippen LogP contribution in [0.3, 0.4) is 0 Å². The van der Waals surface area contributed by atoms with Crippen LogP contribution in [0.25, 0.3) is 0 Å². The summed E-state index contributed by atoms with van der Waals surface area (Å²) in [7, 11) is 0. The number of nitriles is 1. The van der Waals surface area contributed by atoms with Gasteiger partial charge in [0.2, 0.25) is 0 Å². The number of ether oxygens (including phenoxy) is 1. The van der Waals surface area contributed by atoms with E-state index in [2.05, 4.69) is 11.4 Å². The highest BCUT2D eigenvalue weighted by molar-refractivity contribution is 5.12. The lowest BCUT2D eigenvalue weighted by Crippen LogP contribution is -2.50. The molecule has 0 aromatic carbocycles. The molecular formula is C16H26N2O. The summed E-state index contributed by atoms with van der Waals surface area (Å²) in [5, 5.41) is 13.1. The largest absolute Gasteiger partial charge is 0.378 e. The lowest BCUT2D eigenvalue weighted by Gasteiger charge is -2.37. The molecule has 3 aliphatic carbocycles. The number of hydrogen-bond acceptors (Lipinski definition) is 3. The topological polar surface area (TPSA) is 45.0 Å². The molecule has 1 N–H and O–H groups in total. The van der Waals surface area contributed by atoms with Crippen LogP contribution in [-0.2, 0) is 4.74 Å². The second-order valence-corrected chi connectivity index (χ2v) is 6.79. The van der Waals surface area contributed by atoms with Crippen molar-refractivity contribution in [1.29, 1.82) is 5.26 Å². The van der Waals surface area contributed by atoms with Gasteiger partial charge in [0.25, 0.3) is 0 Å². The Balaban J connectivity index is 1.44. The number of rotatable bonds is 6. The molecular weight excluding hydrogens is 236 g/mol. The standard InChI is InChI=1S/C16H26N2O/c17-12-16(18-14-6-7-14)9-2-5-15(11-16)19-10-8-13-3-1-4-13/h13-15,18H,1-11H2. The Morgan fingerprint density at radius 1 is 1.16 bits per heavy atom. The van der Waals surface area contributed by atoms with Gasteiger partial charge < -0.3 is 4.74 Å². The molecule has 0 aliphatic heterocycles. The maximum Gasteiger partial charge on any atom is 0.109 e. The fourth-order valence-corrected chi connectivity index (χ4v) is 3.43. The van der Waals surface area contributed by atoms with Crippen molar-refractivity contribution in [1.82, 2.24) is 5.32 Å². The molecule has 3 heteroatoms. The average Bonchev–Trinajstić information content (AvgIpc) is 3.17. The minimum Gasteiger partial charge on any atom is -0.378 e. The van der Waals surface area contributed by atoms with Gasteiger partial charge in [0.15, 0.2) is 0 Å². The Morgan fingerprint density at radius 3 is 2.63 bits per heavy atom. The van der Waals surface area contributed by atoms with Crippen LogP contribution in [0.5, 0.6) is 0 Å². The van der Waals surface area contributed by atoms with E-state index in [0.717, 1.165) is 38.2 Å². The molecule has 3 saturated carbocycles. The van der Waals surface area contributed by atoms with Crippen LogP contribution in [0.1, 0.15) is 64.2 Å². The molecule has 0 aromatic rings. The van der Waals surface area contributed by atoms with E-state index in [4.69, 9.17) is 4.74 Å². The van der Waals surface area contributed by atoms with E-state index in [1.54, 1.807) is 0 Å². The van der Waals surface area contributed by atoms with E-state index in [-0.39, 0.29) is 5.54 Å². The summed E-state index contributed by atoms with van der Waals surface area (Å²) in [6.07, 6.45) is 12.4. The van der Waals surface area contributed by atoms with Crippen molar-refractivity contribution < 1.29 is 4.74 Å². The highest BCUT2D eigenvalue weighted by atomic mass is 16.5. The van der Waals surface area contributed by atoms with Crippen molar-refractivity contribution >= 4 is 0 Å². The maximum atomic E-state index is 9.53. The van der Waals surface area contributed by atoms with Gasteiger partial charge >= 0.3 is 0 Å². The molecule has 0 spiro atoms. The van der Waals surface area contributed by atoms with Crippen LogP contribution in [0.4, 0.5) is 0 Å². The Morgan fingerprint density at radius 2 is 2.00 bits per heavy atom. The third-order valence-corrected chi connectivity index (χ3v) is 5.08. The molecule has 0 heterocycles. The second kappa shape index (κ2) is 5.81. The van der Waals surface area contributed by atoms with Crippen molar-refractivity contribution in [2.24, 2.45) is 5.92 Å². The first-order valence-electron chi connectivity index (χ1n) is 8.10. The molecule has 0 saturated heterocycles. The minimum absolute atomic E-state index is 0.291. The van der Waals surface area contributed by atoms with Crippen LogP contribution < -0.4 is 5.32 Å². The molecule has 0 bridgehead atoms. The fourth-order valence-electron chi connectivity index (χ4n) is 3.43. The van der Waals surface area contributed by atoms with E-state index in [1.807, 2.05) is 0 Å². The third kappa shape index (κ3) is 3.49. The number of nitrogens with zero attached hydrogens (tertiary/aromatic N) is 1. The van der Waals surface area contributed by atoms with Crippen molar-refractivity contribution in [3.05, 3.63) is 0 Å². The summed E-state index contributed by atoms with van der Waals surface area (Å²) in [6.45, 7) is 0.903. The zero-order valence-electron chi connectivity index (χ0n) is 11.9. The van der Waals surface area contributed by atoms with Gasteiger partial charge in [0, 0.05) is 19.1 Å². The van der Waals surface area contributed by atoms with Crippen LogP contribution in [0.2, 0.25) is 0 Å². The van der Waals surface area contributed by atoms with E-state index in [9.17, 15) is 5.26 Å². The Labute approximate surface area is 116 Å². The first-order chi connectivity index (χ1) is 9.30. The molecule has 3 fully saturated rings. The molecule has 3 aliphatic rings. The summed E-state index contributed by atoms with van der Waals surface area (Å²) >= 11 is 0. The molecule has 2 unspecified atom stereocenters. The van der Waals surface area contributed by atoms with Gasteiger partial charge in [-0.3, -0.25) is 5.32 Å². The Hall–Kier alpha value is -0.590. The summed E-state index contributed by atoms with van der Waals surface area (Å²) in [5.74, 6) is 0.925. The van der Waals surface area contributed by atoms with E-state index in [0.29, 0.717) is 12.1 Å². The van der Waals surface area contributed by atoms with Gasteiger partial charge in [-0.2, -0.15) is 5.26 Å². The molecule has 0 aromatic heterocycles. The highest BCUT2D eigenvalue weighted by Crippen LogP contribution is 2.34. The van der Waals surface area contributed by atoms with Crippen molar-refractivity contribution in [2.75, 3.05) is 6.61 Å². The first-order valence-corrected chi connectivity index (χ1v) is 8.10. The predicted molar refractivity (Wildman–Crippen MR) is 74.7 cm³/mol. The zero-order chi connectivity index (χ0) is 13.1. The third-order valence-electron chi connectivity index (χ3n) is 5.08. The summed E-state index contributed by atoms with van der Waals surface area (Å²) in [4.78, 5) is 0. The van der Waals surface area contributed by atoms with E-state index in [1.165, 1.54) is 38.5 Å². The lowest BCUT2D eigenvalue weighted by molar-refractivity contribution is -0.000992. The monoisotopic (exact) mass is 262 g/mol. The summed E-state index contributed by atoms with van der Waals surface area (Å²) in [6, 6.07) is 3.15. The molecule has 3 nitrogen and oxygen atoms in total. The summed E-state index contributed by atoms with van der Waals surface area (Å²) in [5.41, 5.74) is -0.291. The van der Waals surface area contributed by atoms with Crippen LogP contribution in [-0.4, -0.2) is 24.3 Å². The Kier molecular flexibility index (Phi) is 4.10. The number of nitrogens with one attached hydrogen (secondary N) is 1. The van der Waals surface area contributed by atoms with Gasteiger partial charge in [-0.05, 0) is 44.4 Å². The van der Waals surface area contributed by atoms with Gasteiger partial charge in [0.1, 0.15) is 5.54 Å². The first kappa shape index (κ1) is 13.4. The lowest BCUT2D eigenvalue weighted by atomic mass is 9.80. The normalized spacial score (nSPS) is 35.6. The second-order valence-electron chi connectivity index (χ2n) is 6.79. The molecule has 2 atom stereocenters. The quantitative estimate of drug-likeness (QED) is 0.799. The van der Waals surface area contributed by atoms with E-state index >= 15 is 0 Å². The van der Waals surface area contributed by atoms with Crippen molar-refractivity contribution in [3.8, 4) is 6.07 Å². The average molecular weight is 262 g/mol. The maximum absolute atomic E-state index is 9.53. The molecule has 106 valence electrons. The molecule has 0 amide bonds. The molecule has 3 rings (SSSR count). The van der Waals surface area contributed by atoms with Crippen molar-refractivity contribution in [3.63, 3.8) is 0 Å². The predicted octanol–water partition coefficient (Wildman–Crippen LogP) is 3.15. The SMILES string of the molecule is N#CC1(NC2CC2)CCCC(OCCC2CCC2)C1. The van der Waals surface area contributed by atoms with Crippen molar-refractivity contribution in [2.45, 2.75) is 81.9 Å². The number of hydrogen-bond donors (Lipinski definition) is 1. The van der Waals surface area contributed by atoms with Crippen LogP contribution in [0, 0.1) is 17.2 Å². The smallest absolute Gasteiger partial charge is 0.109 e. The summed E-state index contributed by atoms with van der Waals surface area (Å²) < 4.78 is 6.06. The zero-order valence-corrected chi connectivity index (χ0v) is 11.9. The highest BCUT2D eigenvalue weighted by Gasteiger charge is 2.40.